The molecule has 2 aromatic carbocycles. The Kier molecular flexibility index (Phi) is 7.55. The first-order valence-corrected chi connectivity index (χ1v) is 9.38. The molecule has 32 heavy (non-hydrogen) atoms. The first-order chi connectivity index (χ1) is 14.7. The first kappa shape index (κ1) is 25.6. The fourth-order valence-electron chi connectivity index (χ4n) is 2.54. The Morgan fingerprint density at radius 2 is 1.41 bits per heavy atom. The Hall–Kier alpha value is -2.67. The molecule has 14 heteroatoms. The van der Waals surface area contributed by atoms with Crippen molar-refractivity contribution in [3.63, 3.8) is 0 Å². The predicted molar refractivity (Wildman–Crippen MR) is 105 cm³/mol. The second-order valence-corrected chi connectivity index (χ2v) is 7.25. The molecule has 0 saturated heterocycles. The summed E-state index contributed by atoms with van der Waals surface area (Å²) in [5.41, 5.74) is -4.47. The van der Waals surface area contributed by atoms with E-state index in [1.165, 1.54) is 20.3 Å². The molecule has 2 aromatic rings. The summed E-state index contributed by atoms with van der Waals surface area (Å²) in [6.07, 6.45) is -10.2. The molecule has 0 saturated carbocycles. The number of hydrogen-bond donors (Lipinski definition) is 2. The van der Waals surface area contributed by atoms with Gasteiger partial charge in [-0.2, -0.15) is 26.3 Å². The van der Waals surface area contributed by atoms with Gasteiger partial charge in [0.25, 0.3) is 5.91 Å². The van der Waals surface area contributed by atoms with Crippen LogP contribution in [0.1, 0.15) is 21.5 Å². The molecule has 0 heterocycles. The summed E-state index contributed by atoms with van der Waals surface area (Å²) in [5.74, 6) is -1.42. The van der Waals surface area contributed by atoms with Crippen LogP contribution in [0.3, 0.4) is 0 Å². The van der Waals surface area contributed by atoms with E-state index in [4.69, 9.17) is 21.1 Å². The van der Waals surface area contributed by atoms with Crippen LogP contribution in [0, 0.1) is 0 Å². The number of rotatable bonds is 4. The van der Waals surface area contributed by atoms with Gasteiger partial charge in [-0.1, -0.05) is 11.6 Å². The molecular formula is C18H12BrClF6N2O4. The number of nitrogens with one attached hydrogen (secondary N) is 2. The van der Waals surface area contributed by atoms with Gasteiger partial charge in [-0.15, -0.1) is 0 Å². The van der Waals surface area contributed by atoms with Crippen molar-refractivity contribution < 1.29 is 45.4 Å². The van der Waals surface area contributed by atoms with Gasteiger partial charge >= 0.3 is 18.4 Å². The van der Waals surface area contributed by atoms with Crippen molar-refractivity contribution in [2.24, 2.45) is 0 Å². The molecule has 2 rings (SSSR count). The third kappa shape index (κ3) is 5.76. The highest BCUT2D eigenvalue weighted by Crippen LogP contribution is 2.41. The minimum Gasteiger partial charge on any atom is -0.495 e. The zero-order valence-corrected chi connectivity index (χ0v) is 18.3. The van der Waals surface area contributed by atoms with Crippen molar-refractivity contribution >= 4 is 45.2 Å². The number of benzene rings is 2. The number of methoxy groups -OCH3 is 2. The fraction of sp³-hybridized carbons (Fsp3) is 0.222. The van der Waals surface area contributed by atoms with Crippen molar-refractivity contribution in [2.45, 2.75) is 12.4 Å². The van der Waals surface area contributed by atoms with E-state index >= 15 is 0 Å². The Morgan fingerprint density at radius 3 is 1.84 bits per heavy atom. The van der Waals surface area contributed by atoms with E-state index in [0.29, 0.717) is 0 Å². The monoisotopic (exact) mass is 548 g/mol. The highest BCUT2D eigenvalue weighted by atomic mass is 79.9. The molecule has 0 aliphatic rings. The Morgan fingerprint density at radius 1 is 0.906 bits per heavy atom. The van der Waals surface area contributed by atoms with Gasteiger partial charge in [0.05, 0.1) is 34.8 Å². The zero-order chi connectivity index (χ0) is 24.4. The molecule has 0 unspecified atom stereocenters. The standard InChI is InChI=1S/C18H12BrClF6N2O4/c1-31-13-10(19)6-11(20)14(32-2)12(13)15(29)28-16(30)27-9-4-7(17(21,22)23)3-8(5-9)18(24,25)26/h3-6H,1-2H3,(H2,27,28,29,30). The van der Waals surface area contributed by atoms with Crippen molar-refractivity contribution in [2.75, 3.05) is 19.5 Å². The summed E-state index contributed by atoms with van der Waals surface area (Å²) in [7, 11) is 2.37. The summed E-state index contributed by atoms with van der Waals surface area (Å²) in [4.78, 5) is 24.7. The van der Waals surface area contributed by atoms with Gasteiger partial charge in [0.2, 0.25) is 0 Å². The molecule has 0 spiro atoms. The van der Waals surface area contributed by atoms with Crippen LogP contribution < -0.4 is 20.1 Å². The van der Waals surface area contributed by atoms with E-state index in [1.54, 1.807) is 10.6 Å². The molecule has 2 N–H and O–H groups in total. The summed E-state index contributed by atoms with van der Waals surface area (Å²) in [6, 6.07) is 0.403. The Bertz CT molecular complexity index is 999. The molecule has 0 radical (unpaired) electrons. The van der Waals surface area contributed by atoms with Crippen LogP contribution in [-0.2, 0) is 12.4 Å². The molecular weight excluding hydrogens is 538 g/mol. The molecule has 0 aliphatic carbocycles. The molecule has 6 nitrogen and oxygen atoms in total. The van der Waals surface area contributed by atoms with Crippen LogP contribution in [0.4, 0.5) is 36.8 Å². The van der Waals surface area contributed by atoms with Gasteiger partial charge in [0.15, 0.2) is 5.75 Å². The van der Waals surface area contributed by atoms with E-state index in [-0.39, 0.29) is 44.8 Å². The van der Waals surface area contributed by atoms with Crippen LogP contribution >= 0.6 is 27.5 Å². The number of alkyl halides is 6. The third-order valence-corrected chi connectivity index (χ3v) is 4.72. The van der Waals surface area contributed by atoms with Crippen LogP contribution in [-0.4, -0.2) is 26.2 Å². The van der Waals surface area contributed by atoms with Crippen molar-refractivity contribution in [3.05, 3.63) is 50.5 Å². The molecule has 174 valence electrons. The first-order valence-electron chi connectivity index (χ1n) is 8.20. The molecule has 3 amide bonds. The topological polar surface area (TPSA) is 76.7 Å². The number of hydrogen-bond acceptors (Lipinski definition) is 4. The minimum absolute atomic E-state index is 0.0431. The van der Waals surface area contributed by atoms with E-state index in [1.807, 2.05) is 0 Å². The van der Waals surface area contributed by atoms with Crippen LogP contribution in [0.15, 0.2) is 28.7 Å². The molecule has 0 bridgehead atoms. The lowest BCUT2D eigenvalue weighted by Gasteiger charge is -2.17. The van der Waals surface area contributed by atoms with Crippen LogP contribution in [0.25, 0.3) is 0 Å². The smallest absolute Gasteiger partial charge is 0.416 e. The highest BCUT2D eigenvalue weighted by molar-refractivity contribution is 9.10. The van der Waals surface area contributed by atoms with E-state index < -0.39 is 41.1 Å². The molecule has 0 aliphatic heterocycles. The molecule has 0 fully saturated rings. The molecule has 0 aromatic heterocycles. The lowest BCUT2D eigenvalue weighted by atomic mass is 10.1. The summed E-state index contributed by atoms with van der Waals surface area (Å²) >= 11 is 9.09. The summed E-state index contributed by atoms with van der Waals surface area (Å²) in [5, 5.41) is 3.51. The average molecular weight is 550 g/mol. The number of carbonyl (C=O) groups is 2. The highest BCUT2D eigenvalue weighted by Gasteiger charge is 2.37. The zero-order valence-electron chi connectivity index (χ0n) is 16.0. The number of imide groups is 1. The quantitative estimate of drug-likeness (QED) is 0.451. The molecule has 0 atom stereocenters. The number of halogens is 8. The van der Waals surface area contributed by atoms with Crippen LogP contribution in [0.2, 0.25) is 5.02 Å². The number of anilines is 1. The van der Waals surface area contributed by atoms with Crippen molar-refractivity contribution in [1.29, 1.82) is 0 Å². The van der Waals surface area contributed by atoms with Gasteiger partial charge in [0.1, 0.15) is 11.3 Å². The van der Waals surface area contributed by atoms with Gasteiger partial charge in [0, 0.05) is 5.69 Å². The lowest BCUT2D eigenvalue weighted by molar-refractivity contribution is -0.143. The minimum atomic E-state index is -5.11. The maximum Gasteiger partial charge on any atom is 0.416 e. The van der Waals surface area contributed by atoms with Gasteiger partial charge in [-0.05, 0) is 40.2 Å². The maximum atomic E-state index is 13.0. The number of urea groups is 1. The third-order valence-electron chi connectivity index (χ3n) is 3.85. The number of ether oxygens (including phenoxy) is 2. The number of amides is 3. The van der Waals surface area contributed by atoms with Crippen LogP contribution in [0.5, 0.6) is 11.5 Å². The maximum absolute atomic E-state index is 13.0. The van der Waals surface area contributed by atoms with E-state index in [0.717, 1.165) is 0 Å². The van der Waals surface area contributed by atoms with Gasteiger partial charge < -0.3 is 14.8 Å². The Balaban J connectivity index is 2.37. The fourth-order valence-corrected chi connectivity index (χ4v) is 3.55. The van der Waals surface area contributed by atoms with Gasteiger partial charge in [-0.3, -0.25) is 10.1 Å². The number of carbonyl (C=O) groups excluding carboxylic acids is 2. The predicted octanol–water partition coefficient (Wildman–Crippen LogP) is 6.12. The second kappa shape index (κ2) is 9.45. The lowest BCUT2D eigenvalue weighted by Crippen LogP contribution is -2.35. The van der Waals surface area contributed by atoms with Crippen molar-refractivity contribution in [3.8, 4) is 11.5 Å². The average Bonchev–Trinajstić information content (AvgIpc) is 2.65. The van der Waals surface area contributed by atoms with E-state index in [2.05, 4.69) is 15.9 Å². The SMILES string of the molecule is COc1c(Cl)cc(Br)c(OC)c1C(=O)NC(=O)Nc1cc(C(F)(F)F)cc(C(F)(F)F)c1. The summed E-state index contributed by atoms with van der Waals surface area (Å²) in [6.45, 7) is 0. The van der Waals surface area contributed by atoms with E-state index in [9.17, 15) is 35.9 Å². The van der Waals surface area contributed by atoms with Gasteiger partial charge in [-0.25, -0.2) is 4.79 Å². The Labute approximate surface area is 189 Å². The largest absolute Gasteiger partial charge is 0.495 e. The summed E-state index contributed by atoms with van der Waals surface area (Å²) < 4.78 is 88.0. The van der Waals surface area contributed by atoms with Crippen molar-refractivity contribution in [1.82, 2.24) is 5.32 Å². The second-order valence-electron chi connectivity index (χ2n) is 5.98. The normalized spacial score (nSPS) is 11.7.